The van der Waals surface area contributed by atoms with Gasteiger partial charge in [-0.05, 0) is 49.1 Å². The Bertz CT molecular complexity index is 656. The quantitative estimate of drug-likeness (QED) is 0.923. The lowest BCUT2D eigenvalue weighted by Crippen LogP contribution is -2.04. The molecule has 112 valence electrons. The smallest absolute Gasteiger partial charge is 0.322 e. The third-order valence-electron chi connectivity index (χ3n) is 3.21. The second kappa shape index (κ2) is 6.41. The van der Waals surface area contributed by atoms with Gasteiger partial charge in [-0.15, -0.1) is 0 Å². The minimum absolute atomic E-state index is 0.315. The van der Waals surface area contributed by atoms with Crippen LogP contribution in [0.4, 0.5) is 0 Å². The Morgan fingerprint density at radius 1 is 1.19 bits per heavy atom. The van der Waals surface area contributed by atoms with Gasteiger partial charge < -0.3 is 10.5 Å². The Morgan fingerprint density at radius 2 is 1.90 bits per heavy atom. The van der Waals surface area contributed by atoms with Crippen LogP contribution in [0.3, 0.4) is 0 Å². The predicted octanol–water partition coefficient (Wildman–Crippen LogP) is 4.12. The first-order valence-corrected chi connectivity index (χ1v) is 7.31. The van der Waals surface area contributed by atoms with Gasteiger partial charge in [0.15, 0.2) is 0 Å². The Morgan fingerprint density at radius 3 is 2.52 bits per heavy atom. The lowest BCUT2D eigenvalue weighted by atomic mass is 10.0. The van der Waals surface area contributed by atoms with Crippen molar-refractivity contribution >= 4 is 11.6 Å². The molecule has 0 aliphatic carbocycles. The summed E-state index contributed by atoms with van der Waals surface area (Å²) in [6.45, 7) is 8.38. The Labute approximate surface area is 130 Å². The van der Waals surface area contributed by atoms with E-state index in [2.05, 4.69) is 23.8 Å². The molecule has 0 aliphatic heterocycles. The SMILES string of the molecule is Cc1cc(CN)nc(Oc2cc(C(C)C)c(Cl)cc2C)n1. The van der Waals surface area contributed by atoms with Crippen LogP contribution in [-0.2, 0) is 6.54 Å². The number of ether oxygens (including phenoxy) is 1. The number of aromatic nitrogens is 2. The van der Waals surface area contributed by atoms with E-state index in [1.54, 1.807) is 0 Å². The average Bonchev–Trinajstić information content (AvgIpc) is 2.40. The van der Waals surface area contributed by atoms with E-state index in [0.717, 1.165) is 33.3 Å². The fourth-order valence-electron chi connectivity index (χ4n) is 2.07. The van der Waals surface area contributed by atoms with E-state index >= 15 is 0 Å². The van der Waals surface area contributed by atoms with E-state index in [4.69, 9.17) is 22.1 Å². The molecular weight excluding hydrogens is 286 g/mol. The number of halogens is 1. The summed E-state index contributed by atoms with van der Waals surface area (Å²) < 4.78 is 5.84. The highest BCUT2D eigenvalue weighted by Crippen LogP contribution is 2.33. The van der Waals surface area contributed by atoms with E-state index in [-0.39, 0.29) is 0 Å². The molecule has 5 heteroatoms. The summed E-state index contributed by atoms with van der Waals surface area (Å²) in [4.78, 5) is 8.59. The lowest BCUT2D eigenvalue weighted by Gasteiger charge is -2.14. The van der Waals surface area contributed by atoms with Crippen LogP contribution in [0.2, 0.25) is 5.02 Å². The summed E-state index contributed by atoms with van der Waals surface area (Å²) in [6.07, 6.45) is 0. The first kappa shape index (κ1) is 15.7. The van der Waals surface area contributed by atoms with E-state index in [1.165, 1.54) is 0 Å². The fourth-order valence-corrected chi connectivity index (χ4v) is 2.51. The summed E-state index contributed by atoms with van der Waals surface area (Å²) in [6, 6.07) is 6.03. The number of aryl methyl sites for hydroxylation is 2. The van der Waals surface area contributed by atoms with Crippen LogP contribution in [0.15, 0.2) is 18.2 Å². The third-order valence-corrected chi connectivity index (χ3v) is 3.54. The highest BCUT2D eigenvalue weighted by molar-refractivity contribution is 6.31. The van der Waals surface area contributed by atoms with Gasteiger partial charge in [-0.1, -0.05) is 25.4 Å². The average molecular weight is 306 g/mol. The topological polar surface area (TPSA) is 61.0 Å². The number of hydrogen-bond donors (Lipinski definition) is 1. The van der Waals surface area contributed by atoms with Gasteiger partial charge in [-0.25, -0.2) is 4.98 Å². The van der Waals surface area contributed by atoms with E-state index < -0.39 is 0 Å². The number of rotatable bonds is 4. The minimum Gasteiger partial charge on any atom is -0.424 e. The maximum atomic E-state index is 6.27. The normalized spacial score (nSPS) is 11.0. The molecule has 2 rings (SSSR count). The lowest BCUT2D eigenvalue weighted by molar-refractivity contribution is 0.434. The van der Waals surface area contributed by atoms with Crippen molar-refractivity contribution in [3.05, 3.63) is 45.7 Å². The Kier molecular flexibility index (Phi) is 4.80. The standard InChI is InChI=1S/C16H20ClN3O/c1-9(2)13-7-15(10(3)5-14(13)17)21-16-19-11(4)6-12(8-18)20-16/h5-7,9H,8,18H2,1-4H3. The first-order chi connectivity index (χ1) is 9.90. The zero-order valence-corrected chi connectivity index (χ0v) is 13.5. The van der Waals surface area contributed by atoms with Crippen molar-refractivity contribution in [2.75, 3.05) is 0 Å². The molecule has 1 aromatic carbocycles. The molecular formula is C16H20ClN3O. The molecule has 2 N–H and O–H groups in total. The van der Waals surface area contributed by atoms with Crippen LogP contribution in [0.5, 0.6) is 11.8 Å². The number of benzene rings is 1. The summed E-state index contributed by atoms with van der Waals surface area (Å²) in [5.41, 5.74) is 9.21. The van der Waals surface area contributed by atoms with Crippen molar-refractivity contribution < 1.29 is 4.74 Å². The van der Waals surface area contributed by atoms with Crippen molar-refractivity contribution in [1.29, 1.82) is 0 Å². The van der Waals surface area contributed by atoms with Gasteiger partial charge in [-0.2, -0.15) is 4.98 Å². The van der Waals surface area contributed by atoms with Gasteiger partial charge in [0.2, 0.25) is 0 Å². The van der Waals surface area contributed by atoms with Crippen molar-refractivity contribution in [3.63, 3.8) is 0 Å². The molecule has 4 nitrogen and oxygen atoms in total. The van der Waals surface area contributed by atoms with Crippen LogP contribution >= 0.6 is 11.6 Å². The van der Waals surface area contributed by atoms with Gasteiger partial charge in [0.25, 0.3) is 0 Å². The zero-order valence-electron chi connectivity index (χ0n) is 12.8. The Hall–Kier alpha value is -1.65. The molecule has 0 aliphatic rings. The van der Waals surface area contributed by atoms with Gasteiger partial charge in [-0.3, -0.25) is 0 Å². The molecule has 0 unspecified atom stereocenters. The van der Waals surface area contributed by atoms with Crippen LogP contribution < -0.4 is 10.5 Å². The highest BCUT2D eigenvalue weighted by Gasteiger charge is 2.12. The molecule has 0 spiro atoms. The van der Waals surface area contributed by atoms with Crippen molar-refractivity contribution in [3.8, 4) is 11.8 Å². The second-order valence-corrected chi connectivity index (χ2v) is 5.79. The number of nitrogens with zero attached hydrogens (tertiary/aromatic N) is 2. The second-order valence-electron chi connectivity index (χ2n) is 5.38. The minimum atomic E-state index is 0.315. The highest BCUT2D eigenvalue weighted by atomic mass is 35.5. The third kappa shape index (κ3) is 3.71. The summed E-state index contributed by atoms with van der Waals surface area (Å²) in [7, 11) is 0. The van der Waals surface area contributed by atoms with Gasteiger partial charge in [0, 0.05) is 17.3 Å². The molecule has 0 atom stereocenters. The van der Waals surface area contributed by atoms with Crippen molar-refractivity contribution in [1.82, 2.24) is 9.97 Å². The predicted molar refractivity (Wildman–Crippen MR) is 85.0 cm³/mol. The molecule has 0 radical (unpaired) electrons. The monoisotopic (exact) mass is 305 g/mol. The van der Waals surface area contributed by atoms with Crippen LogP contribution in [-0.4, -0.2) is 9.97 Å². The largest absolute Gasteiger partial charge is 0.424 e. The maximum Gasteiger partial charge on any atom is 0.322 e. The van der Waals surface area contributed by atoms with Gasteiger partial charge >= 0.3 is 6.01 Å². The molecule has 21 heavy (non-hydrogen) atoms. The van der Waals surface area contributed by atoms with Gasteiger partial charge in [0.1, 0.15) is 5.75 Å². The van der Waals surface area contributed by atoms with E-state index in [9.17, 15) is 0 Å². The van der Waals surface area contributed by atoms with Crippen molar-refractivity contribution in [2.45, 2.75) is 40.2 Å². The zero-order chi connectivity index (χ0) is 15.6. The van der Waals surface area contributed by atoms with E-state index in [1.807, 2.05) is 32.0 Å². The van der Waals surface area contributed by atoms with E-state index in [0.29, 0.717) is 18.5 Å². The molecule has 1 heterocycles. The molecule has 2 aromatic rings. The summed E-state index contributed by atoms with van der Waals surface area (Å²) in [5.74, 6) is 1.04. The molecule has 1 aromatic heterocycles. The molecule has 0 saturated heterocycles. The van der Waals surface area contributed by atoms with Crippen molar-refractivity contribution in [2.24, 2.45) is 5.73 Å². The number of nitrogens with two attached hydrogens (primary N) is 1. The summed E-state index contributed by atoms with van der Waals surface area (Å²) >= 11 is 6.27. The molecule has 0 fully saturated rings. The fraction of sp³-hybridized carbons (Fsp3) is 0.375. The molecule has 0 saturated carbocycles. The van der Waals surface area contributed by atoms with Crippen LogP contribution in [0, 0.1) is 13.8 Å². The molecule has 0 amide bonds. The molecule has 0 bridgehead atoms. The van der Waals surface area contributed by atoms with Gasteiger partial charge in [0.05, 0.1) is 5.69 Å². The van der Waals surface area contributed by atoms with Crippen LogP contribution in [0.1, 0.15) is 42.3 Å². The summed E-state index contributed by atoms with van der Waals surface area (Å²) in [5, 5.41) is 0.752. The maximum absolute atomic E-state index is 6.27. The Balaban J connectivity index is 2.39. The van der Waals surface area contributed by atoms with Crippen LogP contribution in [0.25, 0.3) is 0 Å². The number of hydrogen-bond acceptors (Lipinski definition) is 4. The first-order valence-electron chi connectivity index (χ1n) is 6.93.